The monoisotopic (exact) mass is 396 g/mol. The summed E-state index contributed by atoms with van der Waals surface area (Å²) >= 11 is 5.07. The van der Waals surface area contributed by atoms with Gasteiger partial charge in [-0.2, -0.15) is 0 Å². The zero-order chi connectivity index (χ0) is 19.3. The number of carbonyl (C=O) groups is 1. The number of hydrogen-bond acceptors (Lipinski definition) is 6. The largest absolute Gasteiger partial charge is 0.360 e. The second-order valence-electron chi connectivity index (χ2n) is 6.05. The topological polar surface area (TPSA) is 113 Å². The molecule has 1 aromatic carbocycles. The SMILES string of the molecule is Cc1cc(NS(=O)(=O)c2ccc(NC(=S)NC(=O)CC(C)C)cc2)no1. The van der Waals surface area contributed by atoms with Crippen molar-refractivity contribution < 1.29 is 17.7 Å². The van der Waals surface area contributed by atoms with Crippen LogP contribution in [0.2, 0.25) is 0 Å². The lowest BCUT2D eigenvalue weighted by Crippen LogP contribution is -2.34. The predicted molar refractivity (Wildman–Crippen MR) is 102 cm³/mol. The molecule has 140 valence electrons. The maximum Gasteiger partial charge on any atom is 0.263 e. The van der Waals surface area contributed by atoms with Gasteiger partial charge < -0.3 is 15.2 Å². The van der Waals surface area contributed by atoms with Gasteiger partial charge in [-0.3, -0.25) is 9.52 Å². The van der Waals surface area contributed by atoms with E-state index < -0.39 is 10.0 Å². The minimum Gasteiger partial charge on any atom is -0.360 e. The van der Waals surface area contributed by atoms with Gasteiger partial charge in [-0.25, -0.2) is 8.42 Å². The lowest BCUT2D eigenvalue weighted by atomic mass is 10.1. The molecule has 2 aromatic rings. The first-order valence-electron chi connectivity index (χ1n) is 7.83. The summed E-state index contributed by atoms with van der Waals surface area (Å²) in [6, 6.07) is 7.39. The van der Waals surface area contributed by atoms with E-state index in [1.807, 2.05) is 13.8 Å². The Kier molecular flexibility index (Phi) is 6.32. The molecular weight excluding hydrogens is 376 g/mol. The molecule has 26 heavy (non-hydrogen) atoms. The molecule has 0 unspecified atom stereocenters. The van der Waals surface area contributed by atoms with Crippen molar-refractivity contribution in [2.45, 2.75) is 32.1 Å². The van der Waals surface area contributed by atoms with E-state index in [2.05, 4.69) is 20.5 Å². The van der Waals surface area contributed by atoms with Crippen molar-refractivity contribution in [3.63, 3.8) is 0 Å². The predicted octanol–water partition coefficient (Wildman–Crippen LogP) is 2.64. The van der Waals surface area contributed by atoms with Crippen molar-refractivity contribution in [3.8, 4) is 0 Å². The summed E-state index contributed by atoms with van der Waals surface area (Å²) in [5, 5.41) is 9.16. The number of sulfonamides is 1. The van der Waals surface area contributed by atoms with E-state index in [0.717, 1.165) is 0 Å². The van der Waals surface area contributed by atoms with Crippen LogP contribution in [0.15, 0.2) is 39.8 Å². The first kappa shape index (κ1) is 19.9. The fraction of sp³-hybridized carbons (Fsp3) is 0.312. The van der Waals surface area contributed by atoms with Crippen LogP contribution in [0.1, 0.15) is 26.0 Å². The zero-order valence-electron chi connectivity index (χ0n) is 14.6. The first-order valence-corrected chi connectivity index (χ1v) is 9.72. The molecule has 1 aromatic heterocycles. The highest BCUT2D eigenvalue weighted by molar-refractivity contribution is 7.92. The molecule has 0 bridgehead atoms. The Hall–Kier alpha value is -2.46. The molecular formula is C16H20N4O4S2. The second-order valence-corrected chi connectivity index (χ2v) is 8.14. The highest BCUT2D eigenvalue weighted by atomic mass is 32.2. The van der Waals surface area contributed by atoms with Gasteiger partial charge in [0.25, 0.3) is 10.0 Å². The third-order valence-corrected chi connectivity index (χ3v) is 4.71. The number of rotatable bonds is 6. The number of nitrogens with zero attached hydrogens (tertiary/aromatic N) is 1. The standard InChI is InChI=1S/C16H20N4O4S2/c1-10(2)8-15(21)18-16(25)17-12-4-6-13(7-5-12)26(22,23)20-14-9-11(3)24-19-14/h4-7,9-10H,8H2,1-3H3,(H,19,20)(H2,17,18,21,25). The van der Waals surface area contributed by atoms with Gasteiger partial charge in [0.1, 0.15) is 5.76 Å². The highest BCUT2D eigenvalue weighted by Gasteiger charge is 2.16. The fourth-order valence-corrected chi connectivity index (χ4v) is 3.25. The van der Waals surface area contributed by atoms with E-state index in [4.69, 9.17) is 16.7 Å². The number of thiocarbonyl (C=S) groups is 1. The molecule has 3 N–H and O–H groups in total. The van der Waals surface area contributed by atoms with Crippen molar-refractivity contribution >= 4 is 44.8 Å². The number of benzene rings is 1. The average Bonchev–Trinajstić information content (AvgIpc) is 2.91. The Bertz CT molecular complexity index is 889. The van der Waals surface area contributed by atoms with Crippen molar-refractivity contribution in [3.05, 3.63) is 36.1 Å². The lowest BCUT2D eigenvalue weighted by Gasteiger charge is -2.11. The smallest absolute Gasteiger partial charge is 0.263 e. The molecule has 0 spiro atoms. The minimum atomic E-state index is -3.78. The van der Waals surface area contributed by atoms with Crippen molar-refractivity contribution in [2.24, 2.45) is 5.92 Å². The Morgan fingerprint density at radius 2 is 1.92 bits per heavy atom. The average molecular weight is 396 g/mol. The maximum absolute atomic E-state index is 12.3. The van der Waals surface area contributed by atoms with Crippen molar-refractivity contribution in [1.29, 1.82) is 0 Å². The van der Waals surface area contributed by atoms with Crippen LogP contribution in [0.3, 0.4) is 0 Å². The maximum atomic E-state index is 12.3. The third kappa shape index (κ3) is 5.81. The summed E-state index contributed by atoms with van der Waals surface area (Å²) in [7, 11) is -3.78. The molecule has 1 heterocycles. The summed E-state index contributed by atoms with van der Waals surface area (Å²) in [4.78, 5) is 11.7. The van der Waals surface area contributed by atoms with E-state index >= 15 is 0 Å². The normalized spacial score (nSPS) is 11.2. The molecule has 0 aliphatic heterocycles. The molecule has 0 saturated heterocycles. The van der Waals surface area contributed by atoms with Crippen LogP contribution in [0.4, 0.5) is 11.5 Å². The molecule has 0 aliphatic carbocycles. The van der Waals surface area contributed by atoms with Crippen LogP contribution >= 0.6 is 12.2 Å². The minimum absolute atomic E-state index is 0.0541. The van der Waals surface area contributed by atoms with Gasteiger partial charge in [-0.15, -0.1) is 0 Å². The van der Waals surface area contributed by atoms with Gasteiger partial charge in [0.05, 0.1) is 4.90 Å². The molecule has 8 nitrogen and oxygen atoms in total. The number of aromatic nitrogens is 1. The molecule has 10 heteroatoms. The molecule has 0 radical (unpaired) electrons. The van der Waals surface area contributed by atoms with Gasteiger partial charge >= 0.3 is 0 Å². The van der Waals surface area contributed by atoms with Gasteiger partial charge in [0.2, 0.25) is 5.91 Å². The number of anilines is 2. The molecule has 2 rings (SSSR count). The molecule has 0 saturated carbocycles. The quantitative estimate of drug-likeness (QED) is 0.643. The van der Waals surface area contributed by atoms with Gasteiger partial charge in [0.15, 0.2) is 10.9 Å². The Morgan fingerprint density at radius 3 is 2.46 bits per heavy atom. The van der Waals surface area contributed by atoms with Gasteiger partial charge in [-0.1, -0.05) is 19.0 Å². The van der Waals surface area contributed by atoms with Crippen LogP contribution < -0.4 is 15.4 Å². The van der Waals surface area contributed by atoms with E-state index in [9.17, 15) is 13.2 Å². The Morgan fingerprint density at radius 1 is 1.27 bits per heavy atom. The molecule has 0 fully saturated rings. The van der Waals surface area contributed by atoms with Crippen LogP contribution in [0.25, 0.3) is 0 Å². The number of hydrogen-bond donors (Lipinski definition) is 3. The number of aryl methyl sites for hydroxylation is 1. The second kappa shape index (κ2) is 8.28. The van der Waals surface area contributed by atoms with Crippen molar-refractivity contribution in [1.82, 2.24) is 10.5 Å². The summed E-state index contributed by atoms with van der Waals surface area (Å²) in [5.74, 6) is 0.654. The van der Waals surface area contributed by atoms with Crippen LogP contribution in [-0.2, 0) is 14.8 Å². The summed E-state index contributed by atoms with van der Waals surface area (Å²) < 4.78 is 31.7. The highest BCUT2D eigenvalue weighted by Crippen LogP contribution is 2.18. The third-order valence-electron chi connectivity index (χ3n) is 3.14. The number of carbonyl (C=O) groups excluding carboxylic acids is 1. The summed E-state index contributed by atoms with van der Waals surface area (Å²) in [6.07, 6.45) is 0.367. The van der Waals surface area contributed by atoms with E-state index in [1.54, 1.807) is 19.1 Å². The van der Waals surface area contributed by atoms with Crippen molar-refractivity contribution in [2.75, 3.05) is 10.0 Å². The summed E-state index contributed by atoms with van der Waals surface area (Å²) in [5.41, 5.74) is 0.552. The van der Waals surface area contributed by atoms with Crippen LogP contribution in [0.5, 0.6) is 0 Å². The van der Waals surface area contributed by atoms with E-state index in [1.165, 1.54) is 18.2 Å². The number of amides is 1. The van der Waals surface area contributed by atoms with E-state index in [-0.39, 0.29) is 27.7 Å². The molecule has 0 atom stereocenters. The fourth-order valence-electron chi connectivity index (χ4n) is 2.04. The van der Waals surface area contributed by atoms with Crippen LogP contribution in [-0.4, -0.2) is 24.6 Å². The van der Waals surface area contributed by atoms with E-state index in [0.29, 0.717) is 17.9 Å². The summed E-state index contributed by atoms with van der Waals surface area (Å²) in [6.45, 7) is 5.53. The van der Waals surface area contributed by atoms with Gasteiger partial charge in [0, 0.05) is 18.2 Å². The Labute approximate surface area is 157 Å². The Balaban J connectivity index is 1.99. The van der Waals surface area contributed by atoms with Crippen LogP contribution in [0, 0.1) is 12.8 Å². The lowest BCUT2D eigenvalue weighted by molar-refractivity contribution is -0.120. The molecule has 1 amide bonds. The van der Waals surface area contributed by atoms with Gasteiger partial charge in [-0.05, 0) is 49.3 Å². The first-order chi connectivity index (χ1) is 12.2. The molecule has 0 aliphatic rings. The number of nitrogens with one attached hydrogen (secondary N) is 3. The zero-order valence-corrected chi connectivity index (χ0v) is 16.2.